The number of Topliss-reactive ketones (excluding diaryl/α,β-unsaturated/α-hetero) is 1. The smallest absolute Gasteiger partial charge is 0.270 e. The van der Waals surface area contributed by atoms with Gasteiger partial charge in [0, 0.05) is 12.3 Å². The van der Waals surface area contributed by atoms with Crippen molar-refractivity contribution < 1.29 is 22.0 Å². The van der Waals surface area contributed by atoms with E-state index in [0.29, 0.717) is 11.8 Å². The predicted molar refractivity (Wildman–Crippen MR) is 113 cm³/mol. The molecule has 154 valence electrons. The van der Waals surface area contributed by atoms with Gasteiger partial charge in [-0.1, -0.05) is 29.8 Å². The molecule has 4 rings (SSSR count). The van der Waals surface area contributed by atoms with Gasteiger partial charge in [-0.2, -0.15) is 0 Å². The van der Waals surface area contributed by atoms with Crippen molar-refractivity contribution in [1.29, 1.82) is 0 Å². The minimum Gasteiger partial charge on any atom is -0.358 e. The largest absolute Gasteiger partial charge is 0.358 e. The summed E-state index contributed by atoms with van der Waals surface area (Å²) in [5.74, 6) is -2.34. The highest BCUT2D eigenvalue weighted by Crippen LogP contribution is 2.39. The van der Waals surface area contributed by atoms with Crippen molar-refractivity contribution in [1.82, 2.24) is 0 Å². The Morgan fingerprint density at radius 3 is 2.53 bits per heavy atom. The number of fused-ring (bicyclic) bond motifs is 1. The van der Waals surface area contributed by atoms with E-state index >= 15 is 0 Å². The standard InChI is InChI=1S/C21H16F2N2O3S2/c1-13-2-4-14(5-3-13)12-25-18-8-9-29-21(18)20(26)19(30(25,27)28)11-24-17-7-6-15(22)10-16(17)23/h2-11,24H,12H2,1H3/b19-11-. The summed E-state index contributed by atoms with van der Waals surface area (Å²) in [7, 11) is -4.20. The van der Waals surface area contributed by atoms with Crippen LogP contribution in [0.1, 0.15) is 20.8 Å². The van der Waals surface area contributed by atoms with Gasteiger partial charge in [-0.05, 0) is 36.1 Å². The average Bonchev–Trinajstić information content (AvgIpc) is 3.17. The third-order valence-corrected chi connectivity index (χ3v) is 7.32. The molecule has 0 fully saturated rings. The second-order valence-corrected chi connectivity index (χ2v) is 9.49. The Bertz CT molecular complexity index is 1270. The molecule has 1 aliphatic heterocycles. The number of sulfonamides is 1. The number of benzene rings is 2. The van der Waals surface area contributed by atoms with Gasteiger partial charge in [0.2, 0.25) is 5.78 Å². The Morgan fingerprint density at radius 2 is 1.83 bits per heavy atom. The quantitative estimate of drug-likeness (QED) is 0.584. The van der Waals surface area contributed by atoms with Crippen LogP contribution in [-0.4, -0.2) is 14.2 Å². The van der Waals surface area contributed by atoms with Gasteiger partial charge in [-0.25, -0.2) is 17.2 Å². The first-order chi connectivity index (χ1) is 14.3. The van der Waals surface area contributed by atoms with Crippen LogP contribution < -0.4 is 9.62 Å². The molecule has 0 bridgehead atoms. The molecule has 2 aromatic carbocycles. The van der Waals surface area contributed by atoms with E-state index in [4.69, 9.17) is 0 Å². The number of hydrogen-bond donors (Lipinski definition) is 1. The van der Waals surface area contributed by atoms with Crippen molar-refractivity contribution in [2.45, 2.75) is 13.5 Å². The fourth-order valence-corrected chi connectivity index (χ4v) is 5.55. The van der Waals surface area contributed by atoms with Crippen LogP contribution in [0.2, 0.25) is 0 Å². The molecule has 0 amide bonds. The topological polar surface area (TPSA) is 66.5 Å². The monoisotopic (exact) mass is 446 g/mol. The molecule has 0 saturated carbocycles. The van der Waals surface area contributed by atoms with Gasteiger partial charge in [0.25, 0.3) is 10.0 Å². The van der Waals surface area contributed by atoms with Crippen molar-refractivity contribution in [3.63, 3.8) is 0 Å². The zero-order valence-electron chi connectivity index (χ0n) is 15.7. The van der Waals surface area contributed by atoms with Crippen molar-refractivity contribution in [3.8, 4) is 0 Å². The van der Waals surface area contributed by atoms with Crippen LogP contribution >= 0.6 is 11.3 Å². The van der Waals surface area contributed by atoms with Crippen molar-refractivity contribution in [2.24, 2.45) is 0 Å². The first-order valence-corrected chi connectivity index (χ1v) is 11.2. The number of allylic oxidation sites excluding steroid dienone is 1. The van der Waals surface area contributed by atoms with E-state index in [1.54, 1.807) is 11.4 Å². The van der Waals surface area contributed by atoms with Crippen LogP contribution in [0.25, 0.3) is 0 Å². The number of nitrogens with zero attached hydrogens (tertiary/aromatic N) is 1. The van der Waals surface area contributed by atoms with Gasteiger partial charge in [0.15, 0.2) is 4.91 Å². The van der Waals surface area contributed by atoms with Gasteiger partial charge in [-0.15, -0.1) is 11.3 Å². The van der Waals surface area contributed by atoms with Crippen molar-refractivity contribution in [3.05, 3.63) is 92.7 Å². The first kappa shape index (κ1) is 20.2. The molecule has 5 nitrogen and oxygen atoms in total. The molecular formula is C21H16F2N2O3S2. The lowest BCUT2D eigenvalue weighted by Crippen LogP contribution is -2.38. The van der Waals surface area contributed by atoms with Crippen molar-refractivity contribution >= 4 is 38.5 Å². The van der Waals surface area contributed by atoms with Crippen LogP contribution in [-0.2, 0) is 16.6 Å². The third kappa shape index (κ3) is 3.61. The molecule has 30 heavy (non-hydrogen) atoms. The van der Waals surface area contributed by atoms with E-state index in [9.17, 15) is 22.0 Å². The molecule has 9 heteroatoms. The predicted octanol–water partition coefficient (Wildman–Crippen LogP) is 4.82. The highest BCUT2D eigenvalue weighted by molar-refractivity contribution is 7.97. The van der Waals surface area contributed by atoms with E-state index in [1.807, 2.05) is 31.2 Å². The highest BCUT2D eigenvalue weighted by Gasteiger charge is 2.41. The Labute approximate surface area is 176 Å². The Kier molecular flexibility index (Phi) is 5.17. The SMILES string of the molecule is Cc1ccc(CN2c3ccsc3C(=O)/C(=C/Nc3ccc(F)cc3F)S2(=O)=O)cc1. The first-order valence-electron chi connectivity index (χ1n) is 8.89. The maximum absolute atomic E-state index is 13.9. The zero-order valence-corrected chi connectivity index (χ0v) is 17.4. The van der Waals surface area contributed by atoms with Crippen LogP contribution in [0.3, 0.4) is 0 Å². The molecule has 0 unspecified atom stereocenters. The van der Waals surface area contributed by atoms with E-state index in [-0.39, 0.29) is 17.1 Å². The number of anilines is 2. The molecule has 3 aromatic rings. The number of carbonyl (C=O) groups is 1. The second-order valence-electron chi connectivity index (χ2n) is 6.74. The number of thiophene rings is 1. The summed E-state index contributed by atoms with van der Waals surface area (Å²) in [5, 5.41) is 4.13. The van der Waals surface area contributed by atoms with E-state index in [1.165, 1.54) is 4.31 Å². The molecule has 0 saturated heterocycles. The van der Waals surface area contributed by atoms with E-state index < -0.39 is 32.3 Å². The van der Waals surface area contributed by atoms with Gasteiger partial charge in [0.05, 0.1) is 17.9 Å². The third-order valence-electron chi connectivity index (χ3n) is 4.65. The molecule has 2 heterocycles. The minimum atomic E-state index is -4.20. The lowest BCUT2D eigenvalue weighted by atomic mass is 10.1. The fraction of sp³-hybridized carbons (Fsp3) is 0.0952. The molecule has 1 aliphatic rings. The van der Waals surface area contributed by atoms with Crippen molar-refractivity contribution in [2.75, 3.05) is 9.62 Å². The number of aryl methyl sites for hydroxylation is 1. The molecule has 0 aliphatic carbocycles. The molecule has 0 spiro atoms. The average molecular weight is 447 g/mol. The van der Waals surface area contributed by atoms with Crippen LogP contribution in [0, 0.1) is 18.6 Å². The number of hydrogen-bond acceptors (Lipinski definition) is 5. The number of nitrogens with one attached hydrogen (secondary N) is 1. The van der Waals surface area contributed by atoms with Gasteiger partial charge < -0.3 is 5.32 Å². The summed E-state index contributed by atoms with van der Waals surface area (Å²) in [5.41, 5.74) is 1.97. The van der Waals surface area contributed by atoms with Gasteiger partial charge >= 0.3 is 0 Å². The normalized spacial score (nSPS) is 16.6. The lowest BCUT2D eigenvalue weighted by Gasteiger charge is -2.29. The van der Waals surface area contributed by atoms with Crippen LogP contribution in [0.15, 0.2) is 65.0 Å². The summed E-state index contributed by atoms with van der Waals surface area (Å²) < 4.78 is 54.7. The maximum atomic E-state index is 13.9. The highest BCUT2D eigenvalue weighted by atomic mass is 32.2. The molecule has 1 aromatic heterocycles. The number of carbonyl (C=O) groups excluding carboxylic acids is 1. The summed E-state index contributed by atoms with van der Waals surface area (Å²) in [4.78, 5) is 12.6. The van der Waals surface area contributed by atoms with E-state index in [2.05, 4.69) is 5.32 Å². The minimum absolute atomic E-state index is 0.0435. The Balaban J connectivity index is 1.74. The summed E-state index contributed by atoms with van der Waals surface area (Å²) in [6.45, 7) is 1.97. The molecular weight excluding hydrogens is 430 g/mol. The zero-order chi connectivity index (χ0) is 21.5. The summed E-state index contributed by atoms with van der Waals surface area (Å²) in [6, 6.07) is 11.8. The summed E-state index contributed by atoms with van der Waals surface area (Å²) in [6.07, 6.45) is 0.957. The molecule has 0 atom stereocenters. The number of halogens is 2. The summed E-state index contributed by atoms with van der Waals surface area (Å²) >= 11 is 1.13. The van der Waals surface area contributed by atoms with Gasteiger partial charge in [0.1, 0.15) is 16.5 Å². The number of ketones is 1. The maximum Gasteiger partial charge on any atom is 0.270 e. The lowest BCUT2D eigenvalue weighted by molar-refractivity contribution is 0.104. The Hall–Kier alpha value is -3.04. The second kappa shape index (κ2) is 7.66. The number of rotatable bonds is 4. The fourth-order valence-electron chi connectivity index (χ4n) is 3.07. The van der Waals surface area contributed by atoms with Crippen LogP contribution in [0.5, 0.6) is 0 Å². The van der Waals surface area contributed by atoms with E-state index in [0.717, 1.165) is 40.8 Å². The molecule has 1 N–H and O–H groups in total. The Morgan fingerprint density at radius 1 is 1.10 bits per heavy atom. The molecule has 0 radical (unpaired) electrons. The van der Waals surface area contributed by atoms with Gasteiger partial charge in [-0.3, -0.25) is 9.10 Å². The van der Waals surface area contributed by atoms with Crippen LogP contribution in [0.4, 0.5) is 20.2 Å².